The standard InChI is InChI=1S/C9H18N2O/c1-12-8-4-7-11-6-3-2-5-9(11)10/h10H,2-8H2,1H3. The molecule has 70 valence electrons. The Labute approximate surface area is 74.2 Å². The molecule has 0 atom stereocenters. The Morgan fingerprint density at radius 3 is 3.00 bits per heavy atom. The summed E-state index contributed by atoms with van der Waals surface area (Å²) in [4.78, 5) is 2.17. The summed E-state index contributed by atoms with van der Waals surface area (Å²) in [6.45, 7) is 2.87. The lowest BCUT2D eigenvalue weighted by atomic mass is 10.1. The third-order valence-corrected chi connectivity index (χ3v) is 2.25. The smallest absolute Gasteiger partial charge is 0.0957 e. The van der Waals surface area contributed by atoms with Gasteiger partial charge < -0.3 is 9.64 Å². The summed E-state index contributed by atoms with van der Waals surface area (Å²) in [6.07, 6.45) is 4.45. The summed E-state index contributed by atoms with van der Waals surface area (Å²) in [5, 5.41) is 7.67. The lowest BCUT2D eigenvalue weighted by molar-refractivity contribution is 0.184. The number of rotatable bonds is 4. The number of piperidine rings is 1. The molecule has 1 fully saturated rings. The first-order valence-corrected chi connectivity index (χ1v) is 4.66. The van der Waals surface area contributed by atoms with E-state index in [1.807, 2.05) is 0 Å². The maximum atomic E-state index is 7.67. The molecule has 0 bridgehead atoms. The van der Waals surface area contributed by atoms with Crippen molar-refractivity contribution >= 4 is 5.84 Å². The van der Waals surface area contributed by atoms with E-state index in [1.54, 1.807) is 7.11 Å². The highest BCUT2D eigenvalue weighted by Gasteiger charge is 2.13. The van der Waals surface area contributed by atoms with E-state index in [-0.39, 0.29) is 0 Å². The topological polar surface area (TPSA) is 36.3 Å². The summed E-state index contributed by atoms with van der Waals surface area (Å²) in [7, 11) is 1.72. The van der Waals surface area contributed by atoms with E-state index in [0.717, 1.165) is 38.4 Å². The van der Waals surface area contributed by atoms with Crippen LogP contribution in [0.2, 0.25) is 0 Å². The van der Waals surface area contributed by atoms with Gasteiger partial charge in [0.1, 0.15) is 0 Å². The fourth-order valence-electron chi connectivity index (χ4n) is 1.53. The molecule has 1 aliphatic rings. The normalized spacial score (nSPS) is 18.4. The number of nitrogens with zero attached hydrogens (tertiary/aromatic N) is 1. The lowest BCUT2D eigenvalue weighted by Crippen LogP contribution is -2.35. The van der Waals surface area contributed by atoms with Crippen molar-refractivity contribution in [1.82, 2.24) is 4.90 Å². The molecule has 0 aromatic carbocycles. The van der Waals surface area contributed by atoms with Gasteiger partial charge >= 0.3 is 0 Å². The average molecular weight is 170 g/mol. The average Bonchev–Trinajstić information content (AvgIpc) is 2.09. The first-order chi connectivity index (χ1) is 5.84. The molecule has 1 rings (SSSR count). The Morgan fingerprint density at radius 1 is 1.50 bits per heavy atom. The SMILES string of the molecule is COCCCN1CCCCC1=N. The molecule has 1 N–H and O–H groups in total. The molecule has 0 aromatic rings. The number of ether oxygens (including phenoxy) is 1. The molecule has 1 heterocycles. The third-order valence-electron chi connectivity index (χ3n) is 2.25. The Balaban J connectivity index is 2.16. The Hall–Kier alpha value is -0.570. The van der Waals surface area contributed by atoms with Crippen molar-refractivity contribution in [3.63, 3.8) is 0 Å². The molecule has 0 radical (unpaired) electrons. The first-order valence-electron chi connectivity index (χ1n) is 4.66. The fraction of sp³-hybridized carbons (Fsp3) is 0.889. The van der Waals surface area contributed by atoms with Crippen LogP contribution in [0.15, 0.2) is 0 Å². The van der Waals surface area contributed by atoms with Crippen LogP contribution >= 0.6 is 0 Å². The highest BCUT2D eigenvalue weighted by Crippen LogP contribution is 2.10. The highest BCUT2D eigenvalue weighted by atomic mass is 16.5. The number of amidine groups is 1. The van der Waals surface area contributed by atoms with Gasteiger partial charge in [0.05, 0.1) is 5.84 Å². The molecule has 0 aromatic heterocycles. The number of likely N-dealkylation sites (tertiary alicyclic amines) is 1. The molecule has 12 heavy (non-hydrogen) atoms. The molecule has 0 saturated carbocycles. The molecular formula is C9H18N2O. The second-order valence-corrected chi connectivity index (χ2v) is 3.24. The minimum atomic E-state index is 0.809. The zero-order valence-corrected chi connectivity index (χ0v) is 7.81. The van der Waals surface area contributed by atoms with E-state index in [2.05, 4.69) is 4.90 Å². The van der Waals surface area contributed by atoms with Crippen molar-refractivity contribution in [3.8, 4) is 0 Å². The molecular weight excluding hydrogens is 152 g/mol. The fourth-order valence-corrected chi connectivity index (χ4v) is 1.53. The summed E-state index contributed by atoms with van der Waals surface area (Å²) in [5.41, 5.74) is 0. The predicted octanol–water partition coefficient (Wildman–Crippen LogP) is 1.49. The van der Waals surface area contributed by atoms with Crippen molar-refractivity contribution < 1.29 is 4.74 Å². The maximum Gasteiger partial charge on any atom is 0.0957 e. The van der Waals surface area contributed by atoms with Crippen LogP contribution in [-0.4, -0.2) is 37.5 Å². The second-order valence-electron chi connectivity index (χ2n) is 3.24. The first kappa shape index (κ1) is 9.52. The van der Waals surface area contributed by atoms with Crippen molar-refractivity contribution in [2.24, 2.45) is 0 Å². The van der Waals surface area contributed by atoms with Crippen molar-refractivity contribution in [2.45, 2.75) is 25.7 Å². The molecule has 0 unspecified atom stereocenters. The van der Waals surface area contributed by atoms with Gasteiger partial charge in [0.2, 0.25) is 0 Å². The van der Waals surface area contributed by atoms with E-state index in [1.165, 1.54) is 12.8 Å². The van der Waals surface area contributed by atoms with Gasteiger partial charge in [-0.25, -0.2) is 0 Å². The van der Waals surface area contributed by atoms with E-state index in [4.69, 9.17) is 10.1 Å². The van der Waals surface area contributed by atoms with Crippen molar-refractivity contribution in [2.75, 3.05) is 26.8 Å². The highest BCUT2D eigenvalue weighted by molar-refractivity contribution is 5.79. The monoisotopic (exact) mass is 170 g/mol. The predicted molar refractivity (Wildman–Crippen MR) is 49.6 cm³/mol. The zero-order valence-electron chi connectivity index (χ0n) is 7.81. The summed E-state index contributed by atoms with van der Waals surface area (Å²) >= 11 is 0. The van der Waals surface area contributed by atoms with Gasteiger partial charge in [-0.15, -0.1) is 0 Å². The van der Waals surface area contributed by atoms with Gasteiger partial charge in [0.25, 0.3) is 0 Å². The maximum absolute atomic E-state index is 7.67. The molecule has 1 saturated heterocycles. The van der Waals surface area contributed by atoms with E-state index < -0.39 is 0 Å². The number of hydrogen-bond acceptors (Lipinski definition) is 2. The van der Waals surface area contributed by atoms with Gasteiger partial charge in [-0.2, -0.15) is 0 Å². The van der Waals surface area contributed by atoms with Crippen LogP contribution in [0.3, 0.4) is 0 Å². The number of methoxy groups -OCH3 is 1. The third kappa shape index (κ3) is 2.81. The summed E-state index contributed by atoms with van der Waals surface area (Å²) in [6, 6.07) is 0. The van der Waals surface area contributed by atoms with Crippen molar-refractivity contribution in [3.05, 3.63) is 0 Å². The van der Waals surface area contributed by atoms with Gasteiger partial charge in [0, 0.05) is 33.2 Å². The molecule has 0 amide bonds. The minimum absolute atomic E-state index is 0.809. The van der Waals surface area contributed by atoms with Gasteiger partial charge in [-0.05, 0) is 19.3 Å². The van der Waals surface area contributed by atoms with Crippen LogP contribution < -0.4 is 0 Å². The van der Waals surface area contributed by atoms with E-state index in [9.17, 15) is 0 Å². The summed E-state index contributed by atoms with van der Waals surface area (Å²) in [5.74, 6) is 0.817. The van der Waals surface area contributed by atoms with Crippen LogP contribution in [0.1, 0.15) is 25.7 Å². The Bertz CT molecular complexity index is 147. The molecule has 0 spiro atoms. The molecule has 3 heteroatoms. The molecule has 1 aliphatic heterocycles. The molecule has 3 nitrogen and oxygen atoms in total. The van der Waals surface area contributed by atoms with Gasteiger partial charge in [-0.1, -0.05) is 0 Å². The molecule has 0 aliphatic carbocycles. The van der Waals surface area contributed by atoms with E-state index in [0.29, 0.717) is 0 Å². The van der Waals surface area contributed by atoms with Gasteiger partial charge in [0.15, 0.2) is 0 Å². The quantitative estimate of drug-likeness (QED) is 0.649. The van der Waals surface area contributed by atoms with Crippen LogP contribution in [0.4, 0.5) is 0 Å². The summed E-state index contributed by atoms with van der Waals surface area (Å²) < 4.78 is 4.97. The number of nitrogens with one attached hydrogen (secondary N) is 1. The van der Waals surface area contributed by atoms with E-state index >= 15 is 0 Å². The Morgan fingerprint density at radius 2 is 2.33 bits per heavy atom. The Kier molecular flexibility index (Phi) is 4.08. The van der Waals surface area contributed by atoms with Crippen LogP contribution in [-0.2, 0) is 4.74 Å². The second kappa shape index (κ2) is 5.14. The van der Waals surface area contributed by atoms with Gasteiger partial charge in [-0.3, -0.25) is 5.41 Å². The van der Waals surface area contributed by atoms with Crippen LogP contribution in [0.25, 0.3) is 0 Å². The largest absolute Gasteiger partial charge is 0.385 e. The van der Waals surface area contributed by atoms with Crippen LogP contribution in [0, 0.1) is 5.41 Å². The van der Waals surface area contributed by atoms with Crippen molar-refractivity contribution in [1.29, 1.82) is 5.41 Å². The zero-order chi connectivity index (χ0) is 8.81. The lowest BCUT2D eigenvalue weighted by Gasteiger charge is -2.29. The minimum Gasteiger partial charge on any atom is -0.385 e. The number of hydrogen-bond donors (Lipinski definition) is 1. The van der Waals surface area contributed by atoms with Crippen LogP contribution in [0.5, 0.6) is 0 Å².